The lowest BCUT2D eigenvalue weighted by atomic mass is 10.1. The van der Waals surface area contributed by atoms with Crippen LogP contribution in [0.3, 0.4) is 0 Å². The fourth-order valence-corrected chi connectivity index (χ4v) is 1.75. The molecule has 1 rings (SSSR count). The van der Waals surface area contributed by atoms with Crippen LogP contribution in [0, 0.1) is 6.92 Å². The molecule has 0 aromatic heterocycles. The van der Waals surface area contributed by atoms with Gasteiger partial charge in [0.1, 0.15) is 0 Å². The molecule has 90 valence electrons. The van der Waals surface area contributed by atoms with Crippen molar-refractivity contribution < 1.29 is 0 Å². The van der Waals surface area contributed by atoms with Crippen molar-refractivity contribution in [1.82, 2.24) is 5.32 Å². The molecule has 1 aromatic carbocycles. The average Bonchev–Trinajstić information content (AvgIpc) is 2.25. The van der Waals surface area contributed by atoms with Crippen molar-refractivity contribution in [3.8, 4) is 0 Å². The standard InChI is InChI=1S/C14H24N2/c1-6-16(5)14-8-7-13(9-12(14)4)10-15-11(2)3/h7-9,11,15H,6,10H2,1-5H3. The lowest BCUT2D eigenvalue weighted by Crippen LogP contribution is -2.22. The van der Waals surface area contributed by atoms with Crippen molar-refractivity contribution in [2.24, 2.45) is 0 Å². The molecule has 0 unspecified atom stereocenters. The van der Waals surface area contributed by atoms with Gasteiger partial charge in [0.05, 0.1) is 0 Å². The first kappa shape index (κ1) is 13.0. The van der Waals surface area contributed by atoms with E-state index in [0.717, 1.165) is 13.1 Å². The summed E-state index contributed by atoms with van der Waals surface area (Å²) in [5.41, 5.74) is 4.04. The van der Waals surface area contributed by atoms with Crippen LogP contribution in [-0.4, -0.2) is 19.6 Å². The molecule has 2 nitrogen and oxygen atoms in total. The van der Waals surface area contributed by atoms with Gasteiger partial charge in [-0.25, -0.2) is 0 Å². The summed E-state index contributed by atoms with van der Waals surface area (Å²) in [5, 5.41) is 3.44. The van der Waals surface area contributed by atoms with Crippen molar-refractivity contribution >= 4 is 5.69 Å². The molecule has 0 bridgehead atoms. The summed E-state index contributed by atoms with van der Waals surface area (Å²) in [6.45, 7) is 10.7. The van der Waals surface area contributed by atoms with Crippen molar-refractivity contribution in [3.05, 3.63) is 29.3 Å². The topological polar surface area (TPSA) is 15.3 Å². The van der Waals surface area contributed by atoms with E-state index in [1.54, 1.807) is 0 Å². The van der Waals surface area contributed by atoms with Gasteiger partial charge in [0.15, 0.2) is 0 Å². The molecule has 1 aromatic rings. The van der Waals surface area contributed by atoms with Crippen LogP contribution in [0.25, 0.3) is 0 Å². The second-order valence-electron chi connectivity index (χ2n) is 4.67. The second-order valence-corrected chi connectivity index (χ2v) is 4.67. The molecule has 0 saturated heterocycles. The Morgan fingerprint density at radius 1 is 1.31 bits per heavy atom. The van der Waals surface area contributed by atoms with Crippen molar-refractivity contribution in [2.45, 2.75) is 40.3 Å². The Labute approximate surface area is 99.7 Å². The number of aryl methyl sites for hydroxylation is 1. The molecular formula is C14H24N2. The molecule has 0 heterocycles. The van der Waals surface area contributed by atoms with E-state index in [1.807, 2.05) is 0 Å². The van der Waals surface area contributed by atoms with E-state index >= 15 is 0 Å². The SMILES string of the molecule is CCN(C)c1ccc(CNC(C)C)cc1C. The van der Waals surface area contributed by atoms with Gasteiger partial charge in [-0.15, -0.1) is 0 Å². The third kappa shape index (κ3) is 3.53. The Morgan fingerprint density at radius 2 is 2.00 bits per heavy atom. The number of rotatable bonds is 5. The molecule has 0 spiro atoms. The van der Waals surface area contributed by atoms with Crippen molar-refractivity contribution in [2.75, 3.05) is 18.5 Å². The predicted molar refractivity (Wildman–Crippen MR) is 72.1 cm³/mol. The molecule has 2 heteroatoms. The summed E-state index contributed by atoms with van der Waals surface area (Å²) < 4.78 is 0. The Morgan fingerprint density at radius 3 is 2.50 bits per heavy atom. The Bertz CT molecular complexity index is 332. The highest BCUT2D eigenvalue weighted by molar-refractivity contribution is 5.53. The molecule has 16 heavy (non-hydrogen) atoms. The molecule has 0 amide bonds. The van der Waals surface area contributed by atoms with Crippen LogP contribution in [0.4, 0.5) is 5.69 Å². The zero-order valence-corrected chi connectivity index (χ0v) is 11.2. The number of hydrogen-bond acceptors (Lipinski definition) is 2. The first-order chi connectivity index (χ1) is 7.54. The van der Waals surface area contributed by atoms with Gasteiger partial charge in [0.25, 0.3) is 0 Å². The third-order valence-electron chi connectivity index (χ3n) is 2.86. The molecule has 0 radical (unpaired) electrons. The summed E-state index contributed by atoms with van der Waals surface area (Å²) >= 11 is 0. The maximum Gasteiger partial charge on any atom is 0.0393 e. The molecular weight excluding hydrogens is 196 g/mol. The third-order valence-corrected chi connectivity index (χ3v) is 2.86. The monoisotopic (exact) mass is 220 g/mol. The lowest BCUT2D eigenvalue weighted by Gasteiger charge is -2.20. The summed E-state index contributed by atoms with van der Waals surface area (Å²) in [6.07, 6.45) is 0. The van der Waals surface area contributed by atoms with Crippen LogP contribution in [0.2, 0.25) is 0 Å². The Balaban J connectivity index is 2.74. The smallest absolute Gasteiger partial charge is 0.0393 e. The van der Waals surface area contributed by atoms with E-state index in [0.29, 0.717) is 6.04 Å². The summed E-state index contributed by atoms with van der Waals surface area (Å²) in [5.74, 6) is 0. The van der Waals surface area contributed by atoms with E-state index in [1.165, 1.54) is 16.8 Å². The van der Waals surface area contributed by atoms with Gasteiger partial charge in [0, 0.05) is 31.9 Å². The highest BCUT2D eigenvalue weighted by atomic mass is 15.1. The van der Waals surface area contributed by atoms with E-state index in [2.05, 4.69) is 63.2 Å². The van der Waals surface area contributed by atoms with Crippen LogP contribution in [-0.2, 0) is 6.54 Å². The predicted octanol–water partition coefficient (Wildman–Crippen LogP) is 2.95. The molecule has 1 N–H and O–H groups in total. The van der Waals surface area contributed by atoms with Gasteiger partial charge in [0.2, 0.25) is 0 Å². The van der Waals surface area contributed by atoms with Crippen LogP contribution >= 0.6 is 0 Å². The van der Waals surface area contributed by atoms with Gasteiger partial charge < -0.3 is 10.2 Å². The fourth-order valence-electron chi connectivity index (χ4n) is 1.75. The first-order valence-electron chi connectivity index (χ1n) is 6.08. The molecule has 0 aliphatic carbocycles. The quantitative estimate of drug-likeness (QED) is 0.820. The van der Waals surface area contributed by atoms with Crippen LogP contribution < -0.4 is 10.2 Å². The Hall–Kier alpha value is -1.02. The number of benzene rings is 1. The maximum absolute atomic E-state index is 3.44. The molecule has 0 aliphatic rings. The number of hydrogen-bond donors (Lipinski definition) is 1. The van der Waals surface area contributed by atoms with E-state index < -0.39 is 0 Å². The minimum atomic E-state index is 0.540. The normalized spacial score (nSPS) is 10.9. The maximum atomic E-state index is 3.44. The number of nitrogens with zero attached hydrogens (tertiary/aromatic N) is 1. The number of anilines is 1. The van der Waals surface area contributed by atoms with Crippen LogP contribution in [0.1, 0.15) is 31.9 Å². The zero-order chi connectivity index (χ0) is 12.1. The second kappa shape index (κ2) is 5.90. The van der Waals surface area contributed by atoms with Crippen molar-refractivity contribution in [1.29, 1.82) is 0 Å². The highest BCUT2D eigenvalue weighted by Gasteiger charge is 2.03. The van der Waals surface area contributed by atoms with Gasteiger partial charge in [-0.2, -0.15) is 0 Å². The van der Waals surface area contributed by atoms with Crippen LogP contribution in [0.15, 0.2) is 18.2 Å². The zero-order valence-electron chi connectivity index (χ0n) is 11.2. The average molecular weight is 220 g/mol. The molecule has 0 saturated carbocycles. The first-order valence-corrected chi connectivity index (χ1v) is 6.08. The lowest BCUT2D eigenvalue weighted by molar-refractivity contribution is 0.588. The summed E-state index contributed by atoms with van der Waals surface area (Å²) in [4.78, 5) is 2.27. The minimum Gasteiger partial charge on any atom is -0.375 e. The number of nitrogens with one attached hydrogen (secondary N) is 1. The van der Waals surface area contributed by atoms with E-state index in [4.69, 9.17) is 0 Å². The molecule has 0 fully saturated rings. The largest absolute Gasteiger partial charge is 0.375 e. The Kier molecular flexibility index (Phi) is 4.81. The highest BCUT2D eigenvalue weighted by Crippen LogP contribution is 2.19. The molecule has 0 atom stereocenters. The summed E-state index contributed by atoms with van der Waals surface area (Å²) in [6, 6.07) is 7.25. The van der Waals surface area contributed by atoms with Gasteiger partial charge in [-0.1, -0.05) is 26.0 Å². The van der Waals surface area contributed by atoms with Crippen molar-refractivity contribution in [3.63, 3.8) is 0 Å². The van der Waals surface area contributed by atoms with Gasteiger partial charge >= 0.3 is 0 Å². The van der Waals surface area contributed by atoms with E-state index in [-0.39, 0.29) is 0 Å². The molecule has 0 aliphatic heterocycles. The fraction of sp³-hybridized carbons (Fsp3) is 0.571. The van der Waals surface area contributed by atoms with Crippen LogP contribution in [0.5, 0.6) is 0 Å². The van der Waals surface area contributed by atoms with Gasteiger partial charge in [-0.05, 0) is 31.0 Å². The summed E-state index contributed by atoms with van der Waals surface area (Å²) in [7, 11) is 2.13. The minimum absolute atomic E-state index is 0.540. The van der Waals surface area contributed by atoms with Gasteiger partial charge in [-0.3, -0.25) is 0 Å². The van der Waals surface area contributed by atoms with E-state index in [9.17, 15) is 0 Å².